The Bertz CT molecular complexity index is 2040. The summed E-state index contributed by atoms with van der Waals surface area (Å²) in [6.07, 6.45) is 0.769. The van der Waals surface area contributed by atoms with Crippen molar-refractivity contribution in [3.05, 3.63) is 94.2 Å². The predicted molar refractivity (Wildman–Crippen MR) is 160 cm³/mol. The Morgan fingerprint density at radius 2 is 1.47 bits per heavy atom. The fourth-order valence-corrected chi connectivity index (χ4v) is 8.53. The lowest BCUT2D eigenvalue weighted by molar-refractivity contribution is -0.125. The van der Waals surface area contributed by atoms with Crippen LogP contribution < -0.4 is 9.80 Å². The molecule has 6 atom stereocenters. The Hall–Kier alpha value is -4.40. The first-order valence-corrected chi connectivity index (χ1v) is 15.5. The zero-order valence-corrected chi connectivity index (χ0v) is 26.4. The van der Waals surface area contributed by atoms with Crippen molar-refractivity contribution in [2.24, 2.45) is 17.8 Å². The summed E-state index contributed by atoms with van der Waals surface area (Å²) in [5, 5.41) is 9.69. The highest BCUT2D eigenvalue weighted by atomic mass is 35.5. The third-order valence-electron chi connectivity index (χ3n) is 9.88. The van der Waals surface area contributed by atoms with Crippen LogP contribution in [0.3, 0.4) is 0 Å². The van der Waals surface area contributed by atoms with Crippen molar-refractivity contribution in [2.45, 2.75) is 42.0 Å². The summed E-state index contributed by atoms with van der Waals surface area (Å²) in [5.74, 6) is -22.4. The van der Waals surface area contributed by atoms with Gasteiger partial charge in [-0.15, -0.1) is 23.2 Å². The molecule has 9 nitrogen and oxygen atoms in total. The van der Waals surface area contributed by atoms with Gasteiger partial charge in [0.15, 0.2) is 38.8 Å². The van der Waals surface area contributed by atoms with E-state index in [9.17, 15) is 42.3 Å². The largest absolute Gasteiger partial charge is 0.463 e. The van der Waals surface area contributed by atoms with E-state index in [-0.39, 0.29) is 39.9 Å². The van der Waals surface area contributed by atoms with Crippen LogP contribution in [-0.4, -0.2) is 44.3 Å². The summed E-state index contributed by atoms with van der Waals surface area (Å²) in [5.41, 5.74) is -1.22. The fourth-order valence-electron chi connectivity index (χ4n) is 7.61. The number of carbonyl (C=O) groups excluding carboxylic acids is 5. The molecule has 1 aromatic heterocycles. The van der Waals surface area contributed by atoms with Gasteiger partial charge < -0.3 is 9.52 Å². The number of aliphatic hydroxyl groups excluding tert-OH is 1. The lowest BCUT2D eigenvalue weighted by atomic mass is 9.57. The van der Waals surface area contributed by atoms with E-state index in [0.29, 0.717) is 5.56 Å². The van der Waals surface area contributed by atoms with Crippen molar-refractivity contribution in [2.75, 3.05) is 9.80 Å². The Balaban J connectivity index is 1.39. The molecule has 2 saturated heterocycles. The van der Waals surface area contributed by atoms with E-state index in [1.165, 1.54) is 49.4 Å². The lowest BCUT2D eigenvalue weighted by Crippen LogP contribution is -2.60. The van der Waals surface area contributed by atoms with E-state index in [4.69, 9.17) is 27.6 Å². The van der Waals surface area contributed by atoms with Gasteiger partial charge in [-0.05, 0) is 62.1 Å². The average Bonchev–Trinajstić information content (AvgIpc) is 3.70. The number of allylic oxidation sites excluding steroid dienone is 2. The molecule has 16 heteroatoms. The number of nitrogens with zero attached hydrogens (tertiary/aromatic N) is 2. The minimum atomic E-state index is -2.74. The number of aliphatic hydroxyl groups is 1. The SMILES string of the molecule is CC(=O)c1ccc(N2C(=O)[C@H]3[C@H](CC=C4[C@H]3C[C@@]3(Cl)C(=O)N(c5c(F)c(F)c(F)c(F)c5F)C(=O)[C@@]3(Cl)[C@H]4c3ccc(CO)o3)C2=O)cc1. The summed E-state index contributed by atoms with van der Waals surface area (Å²) >= 11 is 14.1. The second-order valence-corrected chi connectivity index (χ2v) is 13.5. The van der Waals surface area contributed by atoms with Gasteiger partial charge in [0.1, 0.15) is 23.8 Å². The molecule has 3 fully saturated rings. The number of benzene rings is 2. The minimum Gasteiger partial charge on any atom is -0.463 e. The summed E-state index contributed by atoms with van der Waals surface area (Å²) < 4.78 is 78.6. The Labute approximate surface area is 282 Å². The lowest BCUT2D eigenvalue weighted by Gasteiger charge is -2.49. The van der Waals surface area contributed by atoms with E-state index in [0.717, 1.165) is 4.90 Å². The third-order valence-corrected chi connectivity index (χ3v) is 11.3. The molecule has 254 valence electrons. The number of amides is 4. The number of halogens is 7. The van der Waals surface area contributed by atoms with Crippen LogP contribution in [0.5, 0.6) is 0 Å². The monoisotopic (exact) mass is 722 g/mol. The number of rotatable bonds is 5. The second-order valence-electron chi connectivity index (χ2n) is 12.3. The van der Waals surface area contributed by atoms with Crippen LogP contribution in [0.25, 0.3) is 0 Å². The van der Waals surface area contributed by atoms with Crippen molar-refractivity contribution >= 4 is 64.0 Å². The van der Waals surface area contributed by atoms with Crippen LogP contribution in [0, 0.1) is 46.8 Å². The highest BCUT2D eigenvalue weighted by Gasteiger charge is 2.77. The van der Waals surface area contributed by atoms with Gasteiger partial charge >= 0.3 is 0 Å². The smallest absolute Gasteiger partial charge is 0.258 e. The van der Waals surface area contributed by atoms with Gasteiger partial charge in [0, 0.05) is 5.56 Å². The maximum atomic E-state index is 15.1. The number of alkyl halides is 2. The van der Waals surface area contributed by atoms with E-state index in [2.05, 4.69) is 0 Å². The number of hydrogen-bond acceptors (Lipinski definition) is 7. The van der Waals surface area contributed by atoms with Gasteiger partial charge in [-0.3, -0.25) is 28.9 Å². The van der Waals surface area contributed by atoms with Crippen LogP contribution in [0.2, 0.25) is 0 Å². The molecule has 0 spiro atoms. The summed E-state index contributed by atoms with van der Waals surface area (Å²) in [7, 11) is 0. The number of furan rings is 1. The van der Waals surface area contributed by atoms with Gasteiger partial charge in [0.25, 0.3) is 11.8 Å². The zero-order valence-electron chi connectivity index (χ0n) is 24.9. The summed E-state index contributed by atoms with van der Waals surface area (Å²) in [6, 6.07) is 8.28. The van der Waals surface area contributed by atoms with E-state index in [1.54, 1.807) is 0 Å². The van der Waals surface area contributed by atoms with E-state index < -0.39 is 105 Å². The molecule has 0 bridgehead atoms. The molecular weight excluding hydrogens is 702 g/mol. The Morgan fingerprint density at radius 3 is 2.04 bits per heavy atom. The molecule has 0 unspecified atom stereocenters. The normalized spacial score (nSPS) is 29.3. The van der Waals surface area contributed by atoms with Crippen molar-refractivity contribution in [1.82, 2.24) is 0 Å². The fraction of sp³-hybridized carbons (Fsp3) is 0.303. The molecule has 3 heterocycles. The number of imide groups is 2. The first kappa shape index (κ1) is 33.1. The number of anilines is 2. The molecule has 2 aromatic carbocycles. The number of hydrogen-bond donors (Lipinski definition) is 1. The molecule has 7 rings (SSSR count). The molecule has 49 heavy (non-hydrogen) atoms. The van der Waals surface area contributed by atoms with Gasteiger partial charge in [0.05, 0.1) is 23.4 Å². The number of ketones is 1. The molecule has 2 aliphatic carbocycles. The number of fused-ring (bicyclic) bond motifs is 4. The van der Waals surface area contributed by atoms with Crippen molar-refractivity contribution in [3.8, 4) is 0 Å². The maximum Gasteiger partial charge on any atom is 0.258 e. The van der Waals surface area contributed by atoms with Crippen LogP contribution in [0.15, 0.2) is 52.5 Å². The van der Waals surface area contributed by atoms with Crippen LogP contribution in [0.4, 0.5) is 33.3 Å². The third kappa shape index (κ3) is 4.23. The van der Waals surface area contributed by atoms with E-state index >= 15 is 8.78 Å². The average molecular weight is 723 g/mol. The number of carbonyl (C=O) groups is 5. The van der Waals surface area contributed by atoms with Gasteiger partial charge in [-0.2, -0.15) is 0 Å². The van der Waals surface area contributed by atoms with Crippen LogP contribution >= 0.6 is 23.2 Å². The summed E-state index contributed by atoms with van der Waals surface area (Å²) in [6.45, 7) is 0.709. The molecule has 0 radical (unpaired) electrons. The molecular formula is C33H21Cl2F5N2O7. The maximum absolute atomic E-state index is 15.1. The minimum absolute atomic E-state index is 0.0347. The predicted octanol–water partition coefficient (Wildman–Crippen LogP) is 5.44. The van der Waals surface area contributed by atoms with Crippen molar-refractivity contribution in [1.29, 1.82) is 0 Å². The van der Waals surface area contributed by atoms with Gasteiger partial charge in [0.2, 0.25) is 17.6 Å². The second kappa shape index (κ2) is 11.1. The quantitative estimate of drug-likeness (QED) is 0.0708. The molecule has 4 amide bonds. The molecule has 1 saturated carbocycles. The standard InChI is InChI=1S/C33H21Cl2F5N2O7/c1-12(44)13-2-4-14(5-3-13)41-28(45)17-8-7-16-18(20(17)29(41)46)10-32(34)30(47)42(27-25(39)23(37)22(36)24(38)26(27)40)31(48)33(32,35)21(16)19-9-6-15(11-43)49-19/h2-7,9,17-18,20-21,43H,8,10-11H2,1H3/t17-,18+,20-,21+,32+,33-/m0/s1. The summed E-state index contributed by atoms with van der Waals surface area (Å²) in [4.78, 5) is 63.2. The van der Waals surface area contributed by atoms with E-state index in [1.807, 2.05) is 0 Å². The first-order valence-electron chi connectivity index (χ1n) is 14.8. The van der Waals surface area contributed by atoms with Gasteiger partial charge in [-0.25, -0.2) is 26.9 Å². The Kier molecular flexibility index (Phi) is 7.47. The molecule has 3 aromatic rings. The van der Waals surface area contributed by atoms with Crippen molar-refractivity contribution < 1.29 is 55.4 Å². The molecule has 4 aliphatic rings. The van der Waals surface area contributed by atoms with Crippen LogP contribution in [0.1, 0.15) is 47.6 Å². The van der Waals surface area contributed by atoms with Crippen molar-refractivity contribution in [3.63, 3.8) is 0 Å². The highest BCUT2D eigenvalue weighted by molar-refractivity contribution is 6.58. The van der Waals surface area contributed by atoms with Crippen LogP contribution in [-0.2, 0) is 25.8 Å². The first-order chi connectivity index (χ1) is 23.1. The molecule has 2 aliphatic heterocycles. The topological polar surface area (TPSA) is 125 Å². The van der Waals surface area contributed by atoms with Gasteiger partial charge in [-0.1, -0.05) is 11.6 Å². The molecule has 1 N–H and O–H groups in total. The number of Topliss-reactive ketones (excluding diaryl/α,β-unsaturated/α-hetero) is 1. The highest BCUT2D eigenvalue weighted by Crippen LogP contribution is 2.66. The zero-order chi connectivity index (χ0) is 35.5. The Morgan fingerprint density at radius 1 is 0.857 bits per heavy atom.